The van der Waals surface area contributed by atoms with Crippen molar-refractivity contribution in [1.82, 2.24) is 4.98 Å². The van der Waals surface area contributed by atoms with Gasteiger partial charge >= 0.3 is 12.2 Å². The summed E-state index contributed by atoms with van der Waals surface area (Å²) in [6.45, 7) is 1.56. The minimum atomic E-state index is -4.46. The van der Waals surface area contributed by atoms with Gasteiger partial charge in [0.2, 0.25) is 0 Å². The molecule has 0 saturated carbocycles. The molecule has 0 aliphatic carbocycles. The van der Waals surface area contributed by atoms with E-state index in [-0.39, 0.29) is 5.56 Å². The first kappa shape index (κ1) is 10.5. The Kier molecular flexibility index (Phi) is 2.75. The molecular formula is C9H8F3N2+. The van der Waals surface area contributed by atoms with Crippen LogP contribution in [0.3, 0.4) is 0 Å². The average molecular weight is 201 g/mol. The van der Waals surface area contributed by atoms with Gasteiger partial charge < -0.3 is 0 Å². The quantitative estimate of drug-likeness (QED) is 0.630. The molecule has 0 N–H and O–H groups in total. The number of hydrogen-bond donors (Lipinski definition) is 0. The number of pyridine rings is 1. The highest BCUT2D eigenvalue weighted by Crippen LogP contribution is 2.30. The zero-order chi connectivity index (χ0) is 10.8. The minimum absolute atomic E-state index is 0.0949. The fraction of sp³-hybridized carbons (Fsp3) is 0.333. The zero-order valence-corrected chi connectivity index (χ0v) is 7.68. The van der Waals surface area contributed by atoms with Crippen LogP contribution in [0.2, 0.25) is 0 Å². The SMILES string of the molecule is C[N+]#Cc1c(C)ccnc1C(F)(F)F. The van der Waals surface area contributed by atoms with Crippen LogP contribution in [-0.2, 0) is 6.18 Å². The Labute approximate surface area is 79.2 Å². The molecule has 0 unspecified atom stereocenters. The van der Waals surface area contributed by atoms with Crippen LogP contribution in [0.15, 0.2) is 12.3 Å². The second-order valence-electron chi connectivity index (χ2n) is 2.68. The maximum atomic E-state index is 12.4. The van der Waals surface area contributed by atoms with E-state index in [1.165, 1.54) is 13.1 Å². The van der Waals surface area contributed by atoms with Crippen LogP contribution in [0.1, 0.15) is 16.8 Å². The van der Waals surface area contributed by atoms with Crippen molar-refractivity contribution in [2.45, 2.75) is 13.1 Å². The Morgan fingerprint density at radius 2 is 2.07 bits per heavy atom. The standard InChI is InChI=1S/C9H8F3N2/c1-6-3-4-14-8(9(10,11)12)7(6)5-13-2/h3-4H,1-2H3/q+1. The summed E-state index contributed by atoms with van der Waals surface area (Å²) >= 11 is 0. The summed E-state index contributed by atoms with van der Waals surface area (Å²) in [6.07, 6.45) is -3.34. The van der Waals surface area contributed by atoms with Gasteiger partial charge in [0, 0.05) is 6.20 Å². The molecular weight excluding hydrogens is 193 g/mol. The molecule has 74 valence electrons. The van der Waals surface area contributed by atoms with Gasteiger partial charge in [0.15, 0.2) is 5.69 Å². The van der Waals surface area contributed by atoms with Gasteiger partial charge in [-0.1, -0.05) is 4.85 Å². The van der Waals surface area contributed by atoms with E-state index in [1.54, 1.807) is 6.92 Å². The number of halogens is 3. The fourth-order valence-corrected chi connectivity index (χ4v) is 1.03. The summed E-state index contributed by atoms with van der Waals surface area (Å²) in [5.74, 6) is 0. The summed E-state index contributed by atoms with van der Waals surface area (Å²) < 4.78 is 37.2. The molecule has 0 bridgehead atoms. The van der Waals surface area contributed by atoms with Crippen LogP contribution in [0.4, 0.5) is 13.2 Å². The molecule has 0 saturated heterocycles. The maximum Gasteiger partial charge on any atom is 0.434 e. The second-order valence-corrected chi connectivity index (χ2v) is 2.68. The van der Waals surface area contributed by atoms with Crippen LogP contribution in [0.25, 0.3) is 4.85 Å². The van der Waals surface area contributed by atoms with Gasteiger partial charge in [-0.05, 0) is 18.6 Å². The van der Waals surface area contributed by atoms with E-state index in [9.17, 15) is 13.2 Å². The molecule has 1 heterocycles. The second kappa shape index (κ2) is 3.66. The smallest absolute Gasteiger partial charge is 0.250 e. The Morgan fingerprint density at radius 1 is 1.43 bits per heavy atom. The van der Waals surface area contributed by atoms with Crippen LogP contribution < -0.4 is 0 Å². The first-order valence-electron chi connectivity index (χ1n) is 3.84. The highest BCUT2D eigenvalue weighted by molar-refractivity contribution is 5.42. The lowest BCUT2D eigenvalue weighted by Crippen LogP contribution is -2.11. The lowest BCUT2D eigenvalue weighted by Gasteiger charge is -2.06. The van der Waals surface area contributed by atoms with E-state index in [1.807, 2.05) is 0 Å². The van der Waals surface area contributed by atoms with Gasteiger partial charge in [0.05, 0.1) is 0 Å². The van der Waals surface area contributed by atoms with E-state index in [4.69, 9.17) is 0 Å². The maximum absolute atomic E-state index is 12.4. The first-order valence-corrected chi connectivity index (χ1v) is 3.84. The third-order valence-corrected chi connectivity index (χ3v) is 1.65. The lowest BCUT2D eigenvalue weighted by atomic mass is 10.1. The molecule has 0 aromatic carbocycles. The number of hydrogen-bond acceptors (Lipinski definition) is 1. The van der Waals surface area contributed by atoms with Crippen molar-refractivity contribution in [3.05, 3.63) is 33.9 Å². The molecule has 1 rings (SSSR count). The molecule has 0 fully saturated rings. The Bertz CT molecular complexity index is 399. The number of alkyl halides is 3. The average Bonchev–Trinajstić information content (AvgIpc) is 2.07. The van der Waals surface area contributed by atoms with Crippen molar-refractivity contribution in [2.75, 3.05) is 7.05 Å². The number of nitrogens with zero attached hydrogens (tertiary/aromatic N) is 2. The molecule has 1 aromatic rings. The number of aromatic nitrogens is 1. The van der Waals surface area contributed by atoms with Gasteiger partial charge in [-0.2, -0.15) is 13.2 Å². The lowest BCUT2D eigenvalue weighted by molar-refractivity contribution is -0.141. The molecule has 0 amide bonds. The van der Waals surface area contributed by atoms with Crippen molar-refractivity contribution in [2.24, 2.45) is 0 Å². The predicted molar refractivity (Wildman–Crippen MR) is 46.2 cm³/mol. The molecule has 0 aliphatic heterocycles. The summed E-state index contributed by atoms with van der Waals surface area (Å²) in [7, 11) is 1.37. The van der Waals surface area contributed by atoms with Crippen molar-refractivity contribution in [3.63, 3.8) is 0 Å². The van der Waals surface area contributed by atoms with E-state index in [0.717, 1.165) is 6.20 Å². The largest absolute Gasteiger partial charge is 0.434 e. The molecule has 2 nitrogen and oxygen atoms in total. The molecule has 0 radical (unpaired) electrons. The molecule has 14 heavy (non-hydrogen) atoms. The van der Waals surface area contributed by atoms with E-state index >= 15 is 0 Å². The summed E-state index contributed by atoms with van der Waals surface area (Å²) in [4.78, 5) is 6.73. The molecule has 0 spiro atoms. The highest BCUT2D eigenvalue weighted by atomic mass is 19.4. The van der Waals surface area contributed by atoms with Gasteiger partial charge in [-0.3, -0.25) is 4.98 Å². The van der Waals surface area contributed by atoms with Crippen molar-refractivity contribution >= 4 is 0 Å². The minimum Gasteiger partial charge on any atom is -0.250 e. The summed E-state index contributed by atoms with van der Waals surface area (Å²) in [6, 6.07) is 3.78. The van der Waals surface area contributed by atoms with E-state index in [0.29, 0.717) is 5.56 Å². The van der Waals surface area contributed by atoms with Crippen molar-refractivity contribution in [3.8, 4) is 6.07 Å². The fourth-order valence-electron chi connectivity index (χ4n) is 1.03. The monoisotopic (exact) mass is 201 g/mol. The zero-order valence-electron chi connectivity index (χ0n) is 7.68. The first-order chi connectivity index (χ1) is 6.46. The van der Waals surface area contributed by atoms with Crippen LogP contribution >= 0.6 is 0 Å². The number of aryl methyl sites for hydroxylation is 1. The van der Waals surface area contributed by atoms with E-state index in [2.05, 4.69) is 15.9 Å². The van der Waals surface area contributed by atoms with Crippen LogP contribution in [-0.4, -0.2) is 12.0 Å². The molecule has 0 aliphatic rings. The molecule has 5 heteroatoms. The summed E-state index contributed by atoms with van der Waals surface area (Å²) in [5.41, 5.74) is -0.580. The topological polar surface area (TPSA) is 17.2 Å². The Morgan fingerprint density at radius 3 is 2.57 bits per heavy atom. The summed E-state index contributed by atoms with van der Waals surface area (Å²) in [5, 5.41) is 0. The van der Waals surface area contributed by atoms with Crippen LogP contribution in [0, 0.1) is 13.0 Å². The third kappa shape index (κ3) is 2.02. The highest BCUT2D eigenvalue weighted by Gasteiger charge is 2.37. The van der Waals surface area contributed by atoms with Gasteiger partial charge in [0.25, 0.3) is 7.05 Å². The number of rotatable bonds is 0. The van der Waals surface area contributed by atoms with Crippen LogP contribution in [0.5, 0.6) is 0 Å². The van der Waals surface area contributed by atoms with E-state index < -0.39 is 11.9 Å². The Hall–Kier alpha value is -1.57. The predicted octanol–water partition coefficient (Wildman–Crippen LogP) is 2.72. The van der Waals surface area contributed by atoms with Crippen molar-refractivity contribution in [1.29, 1.82) is 0 Å². The Balaban J connectivity index is 3.41. The van der Waals surface area contributed by atoms with Gasteiger partial charge in [-0.15, -0.1) is 0 Å². The normalized spacial score (nSPS) is 10.6. The van der Waals surface area contributed by atoms with Crippen molar-refractivity contribution < 1.29 is 13.2 Å². The van der Waals surface area contributed by atoms with Gasteiger partial charge in [-0.25, -0.2) is 0 Å². The third-order valence-electron chi connectivity index (χ3n) is 1.65. The van der Waals surface area contributed by atoms with Gasteiger partial charge in [0.1, 0.15) is 5.56 Å². The molecule has 0 atom stereocenters. The molecule has 1 aromatic heterocycles.